The summed E-state index contributed by atoms with van der Waals surface area (Å²) >= 11 is 0. The number of nitrogens with zero attached hydrogens (tertiary/aromatic N) is 1. The zero-order valence-corrected chi connectivity index (χ0v) is 10.2. The maximum Gasteiger partial charge on any atom is 0.292 e. The quantitative estimate of drug-likeness (QED) is 0.511. The van der Waals surface area contributed by atoms with Crippen molar-refractivity contribution in [1.82, 2.24) is 0 Å². The molecule has 0 unspecified atom stereocenters. The van der Waals surface area contributed by atoms with Crippen molar-refractivity contribution >= 4 is 23.0 Å². The third kappa shape index (κ3) is 2.89. The van der Waals surface area contributed by atoms with Crippen LogP contribution in [0.3, 0.4) is 0 Å². The molecule has 0 bridgehead atoms. The van der Waals surface area contributed by atoms with Gasteiger partial charge < -0.3 is 11.1 Å². The van der Waals surface area contributed by atoms with E-state index < -0.39 is 16.6 Å². The van der Waals surface area contributed by atoms with Crippen LogP contribution in [-0.4, -0.2) is 10.8 Å². The highest BCUT2D eigenvalue weighted by molar-refractivity contribution is 6.05. The van der Waals surface area contributed by atoms with E-state index >= 15 is 0 Å². The lowest BCUT2D eigenvalue weighted by Crippen LogP contribution is -2.13. The fourth-order valence-electron chi connectivity index (χ4n) is 1.60. The Morgan fingerprint density at radius 1 is 1.20 bits per heavy atom. The summed E-state index contributed by atoms with van der Waals surface area (Å²) in [6.07, 6.45) is 0. The number of anilines is 2. The molecule has 20 heavy (non-hydrogen) atoms. The van der Waals surface area contributed by atoms with Crippen LogP contribution in [0.1, 0.15) is 10.4 Å². The van der Waals surface area contributed by atoms with E-state index in [0.717, 1.165) is 18.2 Å². The minimum atomic E-state index is -0.696. The third-order valence-corrected chi connectivity index (χ3v) is 2.58. The van der Waals surface area contributed by atoms with E-state index in [1.807, 2.05) is 0 Å². The number of amides is 1. The van der Waals surface area contributed by atoms with Crippen molar-refractivity contribution in [1.29, 1.82) is 0 Å². The Hall–Kier alpha value is -2.96. The molecule has 0 spiro atoms. The number of nitrogens with two attached hydrogens (primary N) is 1. The normalized spacial score (nSPS) is 10.1. The zero-order valence-electron chi connectivity index (χ0n) is 10.2. The van der Waals surface area contributed by atoms with Crippen molar-refractivity contribution in [3.8, 4) is 0 Å². The number of carbonyl (C=O) groups excluding carboxylic acids is 1. The second kappa shape index (κ2) is 5.35. The number of nitro groups is 1. The van der Waals surface area contributed by atoms with Crippen LogP contribution < -0.4 is 11.1 Å². The molecule has 2 rings (SSSR count). The van der Waals surface area contributed by atoms with Gasteiger partial charge in [-0.25, -0.2) is 4.39 Å². The fraction of sp³-hybridized carbons (Fsp3) is 0. The van der Waals surface area contributed by atoms with Gasteiger partial charge in [-0.15, -0.1) is 0 Å². The van der Waals surface area contributed by atoms with Crippen molar-refractivity contribution in [2.24, 2.45) is 0 Å². The molecular weight excluding hydrogens is 265 g/mol. The van der Waals surface area contributed by atoms with Crippen LogP contribution in [-0.2, 0) is 0 Å². The van der Waals surface area contributed by atoms with Gasteiger partial charge in [0.2, 0.25) is 0 Å². The van der Waals surface area contributed by atoms with E-state index in [0.29, 0.717) is 5.69 Å². The summed E-state index contributed by atoms with van der Waals surface area (Å²) in [7, 11) is 0. The Morgan fingerprint density at radius 2 is 1.85 bits per heavy atom. The summed E-state index contributed by atoms with van der Waals surface area (Å²) in [6, 6.07) is 8.83. The summed E-state index contributed by atoms with van der Waals surface area (Å²) in [6.45, 7) is 0. The van der Waals surface area contributed by atoms with Gasteiger partial charge in [-0.1, -0.05) is 0 Å². The standard InChI is InChI=1S/C13H10FN3O3/c14-9-3-6-12(17(19)20)11(7-9)16-13(18)8-1-4-10(15)5-2-8/h1-7H,15H2,(H,16,18). The first-order chi connectivity index (χ1) is 9.47. The van der Waals surface area contributed by atoms with Gasteiger partial charge >= 0.3 is 0 Å². The molecule has 0 saturated heterocycles. The maximum absolute atomic E-state index is 13.1. The Morgan fingerprint density at radius 3 is 2.45 bits per heavy atom. The van der Waals surface area contributed by atoms with Gasteiger partial charge in [-0.2, -0.15) is 0 Å². The first-order valence-electron chi connectivity index (χ1n) is 5.58. The van der Waals surface area contributed by atoms with E-state index in [1.54, 1.807) is 0 Å². The minimum Gasteiger partial charge on any atom is -0.399 e. The van der Waals surface area contributed by atoms with E-state index in [1.165, 1.54) is 24.3 Å². The number of hydrogen-bond donors (Lipinski definition) is 2. The molecule has 102 valence electrons. The lowest BCUT2D eigenvalue weighted by Gasteiger charge is -2.06. The molecule has 0 saturated carbocycles. The predicted octanol–water partition coefficient (Wildman–Crippen LogP) is 2.57. The number of halogens is 1. The maximum atomic E-state index is 13.1. The Balaban J connectivity index is 2.29. The van der Waals surface area contributed by atoms with Gasteiger partial charge in [-0.05, 0) is 30.3 Å². The molecule has 2 aromatic carbocycles. The van der Waals surface area contributed by atoms with Crippen LogP contribution in [0.2, 0.25) is 0 Å². The summed E-state index contributed by atoms with van der Waals surface area (Å²) in [4.78, 5) is 22.0. The van der Waals surface area contributed by atoms with Crippen LogP contribution >= 0.6 is 0 Å². The Labute approximate surface area is 113 Å². The molecule has 0 fully saturated rings. The topological polar surface area (TPSA) is 98.3 Å². The van der Waals surface area contributed by atoms with Gasteiger partial charge in [0.15, 0.2) is 0 Å². The van der Waals surface area contributed by atoms with Gasteiger partial charge in [0, 0.05) is 23.4 Å². The second-order valence-electron chi connectivity index (χ2n) is 3.99. The predicted molar refractivity (Wildman–Crippen MR) is 71.9 cm³/mol. The summed E-state index contributed by atoms with van der Waals surface area (Å²) < 4.78 is 13.1. The molecule has 0 aliphatic carbocycles. The second-order valence-corrected chi connectivity index (χ2v) is 3.99. The molecule has 7 heteroatoms. The Bertz CT molecular complexity index is 671. The molecule has 2 aromatic rings. The van der Waals surface area contributed by atoms with Crippen molar-refractivity contribution in [3.05, 3.63) is 64.0 Å². The molecular formula is C13H10FN3O3. The smallest absolute Gasteiger partial charge is 0.292 e. The van der Waals surface area contributed by atoms with Crippen molar-refractivity contribution in [2.75, 3.05) is 11.1 Å². The van der Waals surface area contributed by atoms with Gasteiger partial charge in [0.1, 0.15) is 11.5 Å². The van der Waals surface area contributed by atoms with Gasteiger partial charge in [-0.3, -0.25) is 14.9 Å². The molecule has 1 amide bonds. The zero-order chi connectivity index (χ0) is 14.7. The van der Waals surface area contributed by atoms with Crippen LogP contribution in [0.4, 0.5) is 21.5 Å². The molecule has 3 N–H and O–H groups in total. The van der Waals surface area contributed by atoms with Crippen molar-refractivity contribution < 1.29 is 14.1 Å². The van der Waals surface area contributed by atoms with E-state index in [9.17, 15) is 19.3 Å². The number of nitro benzene ring substituents is 1. The minimum absolute atomic E-state index is 0.197. The molecule has 0 heterocycles. The van der Waals surface area contributed by atoms with Crippen molar-refractivity contribution in [2.45, 2.75) is 0 Å². The number of nitrogen functional groups attached to an aromatic ring is 1. The number of rotatable bonds is 3. The highest BCUT2D eigenvalue weighted by atomic mass is 19.1. The van der Waals surface area contributed by atoms with Crippen molar-refractivity contribution in [3.63, 3.8) is 0 Å². The lowest BCUT2D eigenvalue weighted by molar-refractivity contribution is -0.384. The first-order valence-corrected chi connectivity index (χ1v) is 5.58. The van der Waals surface area contributed by atoms with Crippen LogP contribution in [0.5, 0.6) is 0 Å². The number of benzene rings is 2. The Kier molecular flexibility index (Phi) is 3.60. The molecule has 0 aromatic heterocycles. The van der Waals surface area contributed by atoms with Gasteiger partial charge in [0.25, 0.3) is 11.6 Å². The number of hydrogen-bond acceptors (Lipinski definition) is 4. The molecule has 0 radical (unpaired) electrons. The van der Waals surface area contributed by atoms with Crippen LogP contribution in [0.15, 0.2) is 42.5 Å². The summed E-state index contributed by atoms with van der Waals surface area (Å²) in [5, 5.41) is 13.1. The average Bonchev–Trinajstić information content (AvgIpc) is 2.39. The lowest BCUT2D eigenvalue weighted by atomic mass is 10.2. The largest absolute Gasteiger partial charge is 0.399 e. The molecule has 0 atom stereocenters. The average molecular weight is 275 g/mol. The summed E-state index contributed by atoms with van der Waals surface area (Å²) in [5.74, 6) is -1.26. The number of nitrogens with one attached hydrogen (secondary N) is 1. The SMILES string of the molecule is Nc1ccc(C(=O)Nc2cc(F)ccc2[N+](=O)[O-])cc1. The summed E-state index contributed by atoms with van der Waals surface area (Å²) in [5.41, 5.74) is 5.66. The molecule has 6 nitrogen and oxygen atoms in total. The highest BCUT2D eigenvalue weighted by Crippen LogP contribution is 2.25. The fourth-order valence-corrected chi connectivity index (χ4v) is 1.60. The number of carbonyl (C=O) groups is 1. The van der Waals surface area contributed by atoms with Crippen LogP contribution in [0, 0.1) is 15.9 Å². The van der Waals surface area contributed by atoms with E-state index in [-0.39, 0.29) is 16.9 Å². The first kappa shape index (κ1) is 13.5. The van der Waals surface area contributed by atoms with E-state index in [4.69, 9.17) is 5.73 Å². The molecule has 0 aliphatic rings. The van der Waals surface area contributed by atoms with Crippen LogP contribution in [0.25, 0.3) is 0 Å². The molecule has 0 aliphatic heterocycles. The highest BCUT2D eigenvalue weighted by Gasteiger charge is 2.17. The third-order valence-electron chi connectivity index (χ3n) is 2.58. The van der Waals surface area contributed by atoms with Gasteiger partial charge in [0.05, 0.1) is 4.92 Å². The van der Waals surface area contributed by atoms with E-state index in [2.05, 4.69) is 5.32 Å². The monoisotopic (exact) mass is 275 g/mol.